The molecule has 2 N–H and O–H groups in total. The van der Waals surface area contributed by atoms with E-state index in [1.54, 1.807) is 0 Å². The summed E-state index contributed by atoms with van der Waals surface area (Å²) in [7, 11) is 0. The smallest absolute Gasteiger partial charge is 0.149 e. The minimum Gasteiger partial charge on any atom is -0.512 e. The predicted molar refractivity (Wildman–Crippen MR) is 91.9 cm³/mol. The molecule has 0 atom stereocenters. The Morgan fingerprint density at radius 2 is 1.74 bits per heavy atom. The van der Waals surface area contributed by atoms with E-state index in [-0.39, 0.29) is 16.3 Å². The van der Waals surface area contributed by atoms with Crippen molar-refractivity contribution in [2.24, 2.45) is 0 Å². The highest BCUT2D eigenvalue weighted by Gasteiger charge is 2.18. The van der Waals surface area contributed by atoms with Gasteiger partial charge in [0.15, 0.2) is 0 Å². The van der Waals surface area contributed by atoms with Crippen molar-refractivity contribution in [2.45, 2.75) is 6.92 Å². The van der Waals surface area contributed by atoms with Crippen LogP contribution >= 0.6 is 28.1 Å². The third kappa shape index (κ3) is 3.92. The van der Waals surface area contributed by atoms with Crippen molar-refractivity contribution < 1.29 is 18.3 Å². The molecule has 0 aromatic heterocycles. The molecule has 23 heavy (non-hydrogen) atoms. The van der Waals surface area contributed by atoms with Crippen LogP contribution in [0, 0.1) is 17.5 Å². The SMILES string of the molecule is CC(O)=C(C(=S)Nc1c(F)cccc1F)c1ccc(F)cc1Br. The Kier molecular flexibility index (Phi) is 5.43. The van der Waals surface area contributed by atoms with E-state index in [9.17, 15) is 18.3 Å². The number of para-hydroxylation sites is 1. The normalized spacial score (nSPS) is 11.9. The average molecular weight is 402 g/mol. The lowest BCUT2D eigenvalue weighted by molar-refractivity contribution is 0.418. The molecular weight excluding hydrogens is 391 g/mol. The van der Waals surface area contributed by atoms with Crippen LogP contribution in [0.2, 0.25) is 0 Å². The number of halogens is 4. The van der Waals surface area contributed by atoms with Crippen molar-refractivity contribution in [1.29, 1.82) is 0 Å². The highest BCUT2D eigenvalue weighted by atomic mass is 79.9. The van der Waals surface area contributed by atoms with Gasteiger partial charge in [-0.25, -0.2) is 13.2 Å². The minimum atomic E-state index is -0.819. The maximum atomic E-state index is 13.7. The number of anilines is 1. The summed E-state index contributed by atoms with van der Waals surface area (Å²) in [6.07, 6.45) is 0. The van der Waals surface area contributed by atoms with E-state index in [0.717, 1.165) is 12.1 Å². The summed E-state index contributed by atoms with van der Waals surface area (Å²) in [4.78, 5) is -0.0960. The molecule has 2 aromatic carbocycles. The third-order valence-electron chi connectivity index (χ3n) is 2.99. The van der Waals surface area contributed by atoms with Crippen LogP contribution in [0.4, 0.5) is 18.9 Å². The molecule has 0 unspecified atom stereocenters. The van der Waals surface area contributed by atoms with Gasteiger partial charge < -0.3 is 10.4 Å². The molecule has 7 heteroatoms. The molecule has 0 bridgehead atoms. The van der Waals surface area contributed by atoms with Gasteiger partial charge in [-0.15, -0.1) is 0 Å². The zero-order valence-electron chi connectivity index (χ0n) is 11.8. The van der Waals surface area contributed by atoms with Crippen LogP contribution in [0.15, 0.2) is 46.6 Å². The van der Waals surface area contributed by atoms with Gasteiger partial charge in [0.2, 0.25) is 0 Å². The number of benzene rings is 2. The number of hydrogen-bond acceptors (Lipinski definition) is 2. The van der Waals surface area contributed by atoms with E-state index in [4.69, 9.17) is 12.2 Å². The fourth-order valence-corrected chi connectivity index (χ4v) is 2.88. The molecule has 0 fully saturated rings. The molecule has 0 aliphatic rings. The second kappa shape index (κ2) is 7.14. The largest absolute Gasteiger partial charge is 0.512 e. The van der Waals surface area contributed by atoms with Crippen LogP contribution in [0.25, 0.3) is 5.57 Å². The van der Waals surface area contributed by atoms with Gasteiger partial charge in [-0.2, -0.15) is 0 Å². The van der Waals surface area contributed by atoms with Gasteiger partial charge in [0, 0.05) is 10.0 Å². The van der Waals surface area contributed by atoms with Crippen LogP contribution in [0.5, 0.6) is 0 Å². The number of hydrogen-bond donors (Lipinski definition) is 2. The minimum absolute atomic E-state index is 0.0960. The molecule has 0 aliphatic carbocycles. The molecule has 0 spiro atoms. The molecule has 0 saturated heterocycles. The summed E-state index contributed by atoms with van der Waals surface area (Å²) in [6.45, 7) is 1.37. The molecule has 0 amide bonds. The second-order valence-electron chi connectivity index (χ2n) is 4.64. The van der Waals surface area contributed by atoms with Gasteiger partial charge in [-0.1, -0.05) is 40.3 Å². The molecule has 0 radical (unpaired) electrons. The van der Waals surface area contributed by atoms with Crippen LogP contribution in [-0.2, 0) is 0 Å². The number of aliphatic hydroxyl groups excluding tert-OH is 1. The summed E-state index contributed by atoms with van der Waals surface area (Å²) in [5, 5.41) is 12.3. The summed E-state index contributed by atoms with van der Waals surface area (Å²) < 4.78 is 41.0. The zero-order valence-corrected chi connectivity index (χ0v) is 14.2. The molecule has 120 valence electrons. The maximum absolute atomic E-state index is 13.7. The molecule has 0 heterocycles. The van der Waals surface area contributed by atoms with Crippen LogP contribution in [0.3, 0.4) is 0 Å². The van der Waals surface area contributed by atoms with E-state index in [0.29, 0.717) is 10.0 Å². The topological polar surface area (TPSA) is 32.3 Å². The Hall–Kier alpha value is -1.86. The molecular formula is C16H11BrF3NOS. The standard InChI is InChI=1S/C16H11BrF3NOS/c1-8(22)14(10-6-5-9(18)7-11(10)17)16(23)21-15-12(19)3-2-4-13(15)20/h2-7,22H,1H3,(H,21,23). The highest BCUT2D eigenvalue weighted by molar-refractivity contribution is 9.10. The predicted octanol–water partition coefficient (Wildman–Crippen LogP) is 5.59. The Morgan fingerprint density at radius 1 is 1.13 bits per heavy atom. The van der Waals surface area contributed by atoms with Crippen molar-refractivity contribution >= 4 is 44.4 Å². The van der Waals surface area contributed by atoms with Crippen molar-refractivity contribution in [3.63, 3.8) is 0 Å². The first-order valence-corrected chi connectivity index (χ1v) is 7.62. The molecule has 2 rings (SSSR count). The molecule has 2 nitrogen and oxygen atoms in total. The first-order chi connectivity index (χ1) is 10.8. The first kappa shape index (κ1) is 17.5. The van der Waals surface area contributed by atoms with Gasteiger partial charge in [0.05, 0.1) is 11.3 Å². The first-order valence-electron chi connectivity index (χ1n) is 6.42. The molecule has 0 aliphatic heterocycles. The van der Waals surface area contributed by atoms with Crippen molar-refractivity contribution in [3.05, 3.63) is 69.6 Å². The summed E-state index contributed by atoms with van der Waals surface area (Å²) >= 11 is 8.33. The summed E-state index contributed by atoms with van der Waals surface area (Å²) in [6, 6.07) is 7.18. The van der Waals surface area contributed by atoms with E-state index >= 15 is 0 Å². The van der Waals surface area contributed by atoms with E-state index < -0.39 is 23.1 Å². The lowest BCUT2D eigenvalue weighted by Crippen LogP contribution is -2.15. The average Bonchev–Trinajstić information content (AvgIpc) is 2.45. The summed E-state index contributed by atoms with van der Waals surface area (Å²) in [5.74, 6) is -2.29. The second-order valence-corrected chi connectivity index (χ2v) is 5.90. The van der Waals surface area contributed by atoms with Gasteiger partial charge >= 0.3 is 0 Å². The van der Waals surface area contributed by atoms with Crippen molar-refractivity contribution in [2.75, 3.05) is 5.32 Å². The Bertz CT molecular complexity index is 784. The van der Waals surface area contributed by atoms with Gasteiger partial charge in [-0.05, 0) is 31.2 Å². The number of nitrogens with one attached hydrogen (secondary N) is 1. The monoisotopic (exact) mass is 401 g/mol. The fourth-order valence-electron chi connectivity index (χ4n) is 1.97. The van der Waals surface area contributed by atoms with E-state index in [2.05, 4.69) is 21.2 Å². The Balaban J connectivity index is 2.44. The van der Waals surface area contributed by atoms with E-state index in [1.807, 2.05) is 0 Å². The van der Waals surface area contributed by atoms with Crippen molar-refractivity contribution in [1.82, 2.24) is 0 Å². The number of allylic oxidation sites excluding steroid dienone is 1. The third-order valence-corrected chi connectivity index (χ3v) is 3.95. The zero-order chi connectivity index (χ0) is 17.1. The lowest BCUT2D eigenvalue weighted by atomic mass is 10.0. The van der Waals surface area contributed by atoms with Crippen LogP contribution in [0.1, 0.15) is 12.5 Å². The Labute approximate surface area is 144 Å². The maximum Gasteiger partial charge on any atom is 0.149 e. The van der Waals surface area contributed by atoms with Crippen LogP contribution in [-0.4, -0.2) is 10.1 Å². The Morgan fingerprint density at radius 3 is 2.26 bits per heavy atom. The lowest BCUT2D eigenvalue weighted by Gasteiger charge is -2.15. The van der Waals surface area contributed by atoms with Crippen LogP contribution < -0.4 is 5.32 Å². The van der Waals surface area contributed by atoms with E-state index in [1.165, 1.54) is 31.2 Å². The quantitative estimate of drug-likeness (QED) is 0.399. The van der Waals surface area contributed by atoms with Gasteiger partial charge in [0.1, 0.15) is 28.1 Å². The highest BCUT2D eigenvalue weighted by Crippen LogP contribution is 2.29. The molecule has 0 saturated carbocycles. The van der Waals surface area contributed by atoms with Crippen molar-refractivity contribution in [3.8, 4) is 0 Å². The fraction of sp³-hybridized carbons (Fsp3) is 0.0625. The summed E-state index contributed by atoms with van der Waals surface area (Å²) in [5.41, 5.74) is 0.102. The van der Waals surface area contributed by atoms with Gasteiger partial charge in [0.25, 0.3) is 0 Å². The number of rotatable bonds is 3. The molecule has 2 aromatic rings. The number of aliphatic hydroxyl groups is 1. The number of thiocarbonyl (C=S) groups is 1. The van der Waals surface area contributed by atoms with Gasteiger partial charge in [-0.3, -0.25) is 0 Å².